The molecule has 0 aliphatic carbocycles. The summed E-state index contributed by atoms with van der Waals surface area (Å²) in [6, 6.07) is 23.1. The lowest BCUT2D eigenvalue weighted by molar-refractivity contribution is -0.139. The van der Waals surface area contributed by atoms with Crippen LogP contribution in [0.2, 0.25) is 0 Å². The van der Waals surface area contributed by atoms with Crippen LogP contribution in [-0.2, 0) is 28.3 Å². The lowest BCUT2D eigenvalue weighted by atomic mass is 10.0. The summed E-state index contributed by atoms with van der Waals surface area (Å²) in [6.07, 6.45) is 0.422. The van der Waals surface area contributed by atoms with Crippen molar-refractivity contribution in [1.29, 1.82) is 0 Å². The molecule has 0 radical (unpaired) electrons. The summed E-state index contributed by atoms with van der Waals surface area (Å²) in [5, 5.41) is 2.72. The number of carbonyl (C=O) groups is 2. The summed E-state index contributed by atoms with van der Waals surface area (Å²) in [7, 11) is 1.59. The molecule has 0 aliphatic heterocycles. The minimum Gasteiger partial charge on any atom is -0.357 e. The molecule has 3 rings (SSSR count). The monoisotopic (exact) mass is 528 g/mol. The Morgan fingerprint density at radius 1 is 0.939 bits per heavy atom. The zero-order valence-electron chi connectivity index (χ0n) is 18.3. The number of nitrogens with one attached hydrogen (secondary N) is 1. The number of halogens is 2. The van der Waals surface area contributed by atoms with Gasteiger partial charge in [-0.05, 0) is 41.0 Å². The van der Waals surface area contributed by atoms with Crippen molar-refractivity contribution >= 4 is 39.5 Å². The second-order valence-electron chi connectivity index (χ2n) is 7.59. The number of carbonyl (C=O) groups excluding carboxylic acids is 2. The van der Waals surface area contributed by atoms with Gasteiger partial charge in [-0.25, -0.2) is 4.39 Å². The van der Waals surface area contributed by atoms with Crippen LogP contribution in [0.5, 0.6) is 0 Å². The van der Waals surface area contributed by atoms with Gasteiger partial charge < -0.3 is 10.2 Å². The minimum absolute atomic E-state index is 0.116. The first-order valence-corrected chi connectivity index (χ1v) is 12.5. The van der Waals surface area contributed by atoms with E-state index in [0.717, 1.165) is 21.2 Å². The second-order valence-corrected chi connectivity index (χ2v) is 9.49. The Hall–Kier alpha value is -2.64. The molecular formula is C26H26BrFN2O2S. The highest BCUT2D eigenvalue weighted by atomic mass is 79.9. The van der Waals surface area contributed by atoms with Gasteiger partial charge in [-0.3, -0.25) is 9.59 Å². The fourth-order valence-corrected chi connectivity index (χ4v) is 4.56. The lowest BCUT2D eigenvalue weighted by Crippen LogP contribution is -2.50. The van der Waals surface area contributed by atoms with Crippen LogP contribution < -0.4 is 5.32 Å². The highest BCUT2D eigenvalue weighted by molar-refractivity contribution is 9.10. The Labute approximate surface area is 206 Å². The lowest BCUT2D eigenvalue weighted by Gasteiger charge is -2.31. The van der Waals surface area contributed by atoms with Crippen LogP contribution in [0, 0.1) is 5.82 Å². The van der Waals surface area contributed by atoms with Gasteiger partial charge in [-0.15, -0.1) is 11.8 Å². The smallest absolute Gasteiger partial charge is 0.242 e. The first kappa shape index (κ1) is 25.0. The van der Waals surface area contributed by atoms with Gasteiger partial charge in [0.25, 0.3) is 0 Å². The van der Waals surface area contributed by atoms with Crippen LogP contribution in [0.3, 0.4) is 0 Å². The molecule has 33 heavy (non-hydrogen) atoms. The molecule has 7 heteroatoms. The maximum absolute atomic E-state index is 13.4. The van der Waals surface area contributed by atoms with Crippen molar-refractivity contribution < 1.29 is 14.0 Å². The number of amides is 2. The van der Waals surface area contributed by atoms with Crippen LogP contribution in [0.25, 0.3) is 0 Å². The van der Waals surface area contributed by atoms with E-state index in [4.69, 9.17) is 0 Å². The number of rotatable bonds is 10. The quantitative estimate of drug-likeness (QED) is 0.393. The predicted molar refractivity (Wildman–Crippen MR) is 135 cm³/mol. The highest BCUT2D eigenvalue weighted by Crippen LogP contribution is 2.19. The zero-order valence-corrected chi connectivity index (χ0v) is 20.7. The number of benzene rings is 3. The molecule has 0 aromatic heterocycles. The van der Waals surface area contributed by atoms with Gasteiger partial charge in [0.1, 0.15) is 11.9 Å². The molecule has 1 atom stereocenters. The Balaban J connectivity index is 1.79. The van der Waals surface area contributed by atoms with Crippen molar-refractivity contribution in [1.82, 2.24) is 10.2 Å². The SMILES string of the molecule is CNC(=O)[C@H](Cc1ccccc1)N(Cc1ccc(Br)cc1)C(=O)CSCc1ccc(F)cc1. The van der Waals surface area contributed by atoms with E-state index < -0.39 is 6.04 Å². The van der Waals surface area contributed by atoms with E-state index in [2.05, 4.69) is 21.2 Å². The number of nitrogens with zero attached hydrogens (tertiary/aromatic N) is 1. The van der Waals surface area contributed by atoms with E-state index in [9.17, 15) is 14.0 Å². The first-order chi connectivity index (χ1) is 16.0. The fourth-order valence-electron chi connectivity index (χ4n) is 3.43. The van der Waals surface area contributed by atoms with Crippen molar-refractivity contribution in [2.45, 2.75) is 24.8 Å². The number of hydrogen-bond donors (Lipinski definition) is 1. The second kappa shape index (κ2) is 12.6. The summed E-state index contributed by atoms with van der Waals surface area (Å²) in [5.74, 6) is 0.203. The summed E-state index contributed by atoms with van der Waals surface area (Å²) in [6.45, 7) is 0.328. The molecule has 0 saturated carbocycles. The molecule has 0 spiro atoms. The van der Waals surface area contributed by atoms with Crippen LogP contribution in [-0.4, -0.2) is 35.6 Å². The Morgan fingerprint density at radius 2 is 1.58 bits per heavy atom. The van der Waals surface area contributed by atoms with Gasteiger partial charge in [-0.2, -0.15) is 0 Å². The van der Waals surface area contributed by atoms with Crippen LogP contribution >= 0.6 is 27.7 Å². The Kier molecular flexibility index (Phi) is 9.51. The summed E-state index contributed by atoms with van der Waals surface area (Å²) in [4.78, 5) is 27.9. The van der Waals surface area contributed by atoms with Crippen LogP contribution in [0.15, 0.2) is 83.3 Å². The average Bonchev–Trinajstić information content (AvgIpc) is 2.83. The largest absolute Gasteiger partial charge is 0.357 e. The summed E-state index contributed by atoms with van der Waals surface area (Å²) >= 11 is 4.89. The van der Waals surface area contributed by atoms with E-state index in [0.29, 0.717) is 18.7 Å². The molecule has 3 aromatic carbocycles. The normalized spacial score (nSPS) is 11.6. The van der Waals surface area contributed by atoms with Crippen LogP contribution in [0.1, 0.15) is 16.7 Å². The van der Waals surface area contributed by atoms with E-state index in [-0.39, 0.29) is 23.4 Å². The topological polar surface area (TPSA) is 49.4 Å². The maximum Gasteiger partial charge on any atom is 0.242 e. The van der Waals surface area contributed by atoms with Gasteiger partial charge in [-0.1, -0.05) is 70.5 Å². The molecule has 172 valence electrons. The number of likely N-dealkylation sites (N-methyl/N-ethyl adjacent to an activating group) is 1. The van der Waals surface area contributed by atoms with E-state index in [1.54, 1.807) is 24.1 Å². The molecule has 0 heterocycles. The van der Waals surface area contributed by atoms with Gasteiger partial charge in [0, 0.05) is 30.2 Å². The number of thioether (sulfide) groups is 1. The molecule has 0 aliphatic rings. The van der Waals surface area contributed by atoms with Crippen molar-refractivity contribution in [2.24, 2.45) is 0 Å². The van der Waals surface area contributed by atoms with Gasteiger partial charge >= 0.3 is 0 Å². The maximum atomic E-state index is 13.4. The molecule has 0 unspecified atom stereocenters. The first-order valence-electron chi connectivity index (χ1n) is 10.6. The third-order valence-electron chi connectivity index (χ3n) is 5.19. The van der Waals surface area contributed by atoms with Gasteiger partial charge in [0.05, 0.1) is 5.75 Å². The van der Waals surface area contributed by atoms with Crippen molar-refractivity contribution in [3.8, 4) is 0 Å². The Bertz CT molecular complexity index is 1050. The summed E-state index contributed by atoms with van der Waals surface area (Å²) in [5.41, 5.74) is 2.87. The van der Waals surface area contributed by atoms with Gasteiger partial charge in [0.15, 0.2) is 0 Å². The minimum atomic E-state index is -0.639. The molecule has 1 N–H and O–H groups in total. The zero-order chi connectivity index (χ0) is 23.6. The molecular weight excluding hydrogens is 503 g/mol. The van der Waals surface area contributed by atoms with Crippen molar-refractivity contribution in [3.63, 3.8) is 0 Å². The molecule has 0 bridgehead atoms. The van der Waals surface area contributed by atoms with Crippen molar-refractivity contribution in [2.75, 3.05) is 12.8 Å². The third-order valence-corrected chi connectivity index (χ3v) is 6.71. The average molecular weight is 529 g/mol. The van der Waals surface area contributed by atoms with E-state index in [1.807, 2.05) is 54.6 Å². The van der Waals surface area contributed by atoms with E-state index >= 15 is 0 Å². The molecule has 0 saturated heterocycles. The molecule has 4 nitrogen and oxygen atoms in total. The highest BCUT2D eigenvalue weighted by Gasteiger charge is 2.29. The summed E-state index contributed by atoms with van der Waals surface area (Å²) < 4.78 is 14.1. The predicted octanol–water partition coefficient (Wildman–Crippen LogP) is 5.21. The Morgan fingerprint density at radius 3 is 2.21 bits per heavy atom. The third kappa shape index (κ3) is 7.72. The van der Waals surface area contributed by atoms with E-state index in [1.165, 1.54) is 23.9 Å². The molecule has 0 fully saturated rings. The molecule has 3 aromatic rings. The number of hydrogen-bond acceptors (Lipinski definition) is 3. The van der Waals surface area contributed by atoms with Crippen molar-refractivity contribution in [3.05, 3.63) is 106 Å². The molecule has 2 amide bonds. The van der Waals surface area contributed by atoms with Crippen LogP contribution in [0.4, 0.5) is 4.39 Å². The fraction of sp³-hybridized carbons (Fsp3) is 0.231. The van der Waals surface area contributed by atoms with Gasteiger partial charge in [0.2, 0.25) is 11.8 Å². The standard InChI is InChI=1S/C26H26BrFN2O2S/c1-29-26(32)24(15-19-5-3-2-4-6-19)30(16-20-7-11-22(27)12-8-20)25(31)18-33-17-21-9-13-23(28)14-10-21/h2-14,24H,15-18H2,1H3,(H,29,32)/t24-/m0/s1.